The molecular formula is C10H13FN2O. The average molecular weight is 196 g/mol. The molecule has 1 aromatic carbocycles. The zero-order chi connectivity index (χ0) is 10.6. The molecule has 1 rings (SSSR count). The van der Waals surface area contributed by atoms with Gasteiger partial charge in [-0.25, -0.2) is 9.18 Å². The predicted molar refractivity (Wildman–Crippen MR) is 53.8 cm³/mol. The van der Waals surface area contributed by atoms with Gasteiger partial charge in [0, 0.05) is 12.2 Å². The second-order valence-corrected chi connectivity index (χ2v) is 2.95. The maximum absolute atomic E-state index is 12.9. The van der Waals surface area contributed by atoms with Gasteiger partial charge in [-0.15, -0.1) is 0 Å². The van der Waals surface area contributed by atoms with Crippen molar-refractivity contribution in [2.75, 3.05) is 11.9 Å². The molecule has 0 aliphatic heterocycles. The van der Waals surface area contributed by atoms with E-state index >= 15 is 0 Å². The standard InChI is InChI=1S/C10H13FN2O/c1-3-12-10(14)13-8-4-5-9(11)7(2)6-8/h4-6H,3H2,1-2H3,(H2,12,13,14). The summed E-state index contributed by atoms with van der Waals surface area (Å²) in [6.45, 7) is 4.04. The van der Waals surface area contributed by atoms with Crippen LogP contribution < -0.4 is 10.6 Å². The highest BCUT2D eigenvalue weighted by atomic mass is 19.1. The first-order valence-corrected chi connectivity index (χ1v) is 4.44. The van der Waals surface area contributed by atoms with Gasteiger partial charge in [0.25, 0.3) is 0 Å². The lowest BCUT2D eigenvalue weighted by atomic mass is 10.2. The Labute approximate surface area is 82.3 Å². The minimum absolute atomic E-state index is 0.272. The van der Waals surface area contributed by atoms with Crippen LogP contribution in [0.2, 0.25) is 0 Å². The molecule has 0 radical (unpaired) electrons. The van der Waals surface area contributed by atoms with Crippen molar-refractivity contribution in [3.05, 3.63) is 29.6 Å². The Morgan fingerprint density at radius 1 is 1.50 bits per heavy atom. The van der Waals surface area contributed by atoms with E-state index in [1.54, 1.807) is 13.0 Å². The number of nitrogens with one attached hydrogen (secondary N) is 2. The lowest BCUT2D eigenvalue weighted by Gasteiger charge is -2.06. The molecule has 14 heavy (non-hydrogen) atoms. The Hall–Kier alpha value is -1.58. The van der Waals surface area contributed by atoms with Gasteiger partial charge in [0.15, 0.2) is 0 Å². The normalized spacial score (nSPS) is 9.64. The van der Waals surface area contributed by atoms with Gasteiger partial charge in [0.1, 0.15) is 5.82 Å². The van der Waals surface area contributed by atoms with Crippen LogP contribution in [0.3, 0.4) is 0 Å². The van der Waals surface area contributed by atoms with Crippen LogP contribution in [0.1, 0.15) is 12.5 Å². The Bertz CT molecular complexity index is 339. The van der Waals surface area contributed by atoms with Gasteiger partial charge in [-0.1, -0.05) is 0 Å². The van der Waals surface area contributed by atoms with Crippen LogP contribution in [0.15, 0.2) is 18.2 Å². The molecule has 3 nitrogen and oxygen atoms in total. The second kappa shape index (κ2) is 4.60. The van der Waals surface area contributed by atoms with Crippen molar-refractivity contribution >= 4 is 11.7 Å². The molecule has 0 unspecified atom stereocenters. The molecule has 0 aliphatic rings. The Kier molecular flexibility index (Phi) is 3.45. The molecule has 0 fully saturated rings. The number of hydrogen-bond acceptors (Lipinski definition) is 1. The number of hydrogen-bond donors (Lipinski definition) is 2. The smallest absolute Gasteiger partial charge is 0.319 e. The van der Waals surface area contributed by atoms with Crippen molar-refractivity contribution < 1.29 is 9.18 Å². The molecule has 0 aliphatic carbocycles. The molecule has 0 saturated heterocycles. The number of anilines is 1. The molecule has 0 heterocycles. The summed E-state index contributed by atoms with van der Waals surface area (Å²) in [6, 6.07) is 4.16. The van der Waals surface area contributed by atoms with E-state index in [9.17, 15) is 9.18 Å². The fourth-order valence-electron chi connectivity index (χ4n) is 1.06. The van der Waals surface area contributed by atoms with E-state index in [0.29, 0.717) is 17.8 Å². The lowest BCUT2D eigenvalue weighted by Crippen LogP contribution is -2.28. The SMILES string of the molecule is CCNC(=O)Nc1ccc(F)c(C)c1. The van der Waals surface area contributed by atoms with Crippen LogP contribution in [-0.2, 0) is 0 Å². The zero-order valence-corrected chi connectivity index (χ0v) is 8.23. The molecular weight excluding hydrogens is 183 g/mol. The van der Waals surface area contributed by atoms with E-state index in [1.165, 1.54) is 12.1 Å². The minimum Gasteiger partial charge on any atom is -0.338 e. The highest BCUT2D eigenvalue weighted by Crippen LogP contribution is 2.13. The average Bonchev–Trinajstić information content (AvgIpc) is 2.12. The summed E-state index contributed by atoms with van der Waals surface area (Å²) in [5.74, 6) is -0.272. The summed E-state index contributed by atoms with van der Waals surface area (Å²) < 4.78 is 12.9. The van der Waals surface area contributed by atoms with Crippen molar-refractivity contribution in [3.63, 3.8) is 0 Å². The molecule has 0 aromatic heterocycles. The fraction of sp³-hybridized carbons (Fsp3) is 0.300. The first-order valence-electron chi connectivity index (χ1n) is 4.44. The molecule has 2 amide bonds. The third kappa shape index (κ3) is 2.73. The maximum atomic E-state index is 12.9. The molecule has 0 spiro atoms. The number of amides is 2. The molecule has 4 heteroatoms. The molecule has 76 valence electrons. The molecule has 0 saturated carbocycles. The van der Waals surface area contributed by atoms with Crippen LogP contribution in [0.25, 0.3) is 0 Å². The fourth-order valence-corrected chi connectivity index (χ4v) is 1.06. The van der Waals surface area contributed by atoms with Gasteiger partial charge < -0.3 is 10.6 Å². The van der Waals surface area contributed by atoms with Gasteiger partial charge >= 0.3 is 6.03 Å². The van der Waals surface area contributed by atoms with E-state index in [2.05, 4.69) is 10.6 Å². The van der Waals surface area contributed by atoms with E-state index in [0.717, 1.165) is 0 Å². The van der Waals surface area contributed by atoms with Gasteiger partial charge in [-0.05, 0) is 37.6 Å². The summed E-state index contributed by atoms with van der Waals surface area (Å²) >= 11 is 0. The van der Waals surface area contributed by atoms with Crippen molar-refractivity contribution in [2.24, 2.45) is 0 Å². The highest BCUT2D eigenvalue weighted by Gasteiger charge is 2.01. The van der Waals surface area contributed by atoms with Crippen LogP contribution >= 0.6 is 0 Å². The first kappa shape index (κ1) is 10.5. The second-order valence-electron chi connectivity index (χ2n) is 2.95. The number of urea groups is 1. The predicted octanol–water partition coefficient (Wildman–Crippen LogP) is 2.28. The quantitative estimate of drug-likeness (QED) is 0.748. The van der Waals surface area contributed by atoms with E-state index in [1.807, 2.05) is 6.92 Å². The molecule has 0 atom stereocenters. The number of rotatable bonds is 2. The number of carbonyl (C=O) groups excluding carboxylic acids is 1. The van der Waals surface area contributed by atoms with Gasteiger partial charge in [0.2, 0.25) is 0 Å². The van der Waals surface area contributed by atoms with Crippen molar-refractivity contribution in [3.8, 4) is 0 Å². The minimum atomic E-state index is -0.279. The van der Waals surface area contributed by atoms with E-state index < -0.39 is 0 Å². The van der Waals surface area contributed by atoms with Crippen molar-refractivity contribution in [2.45, 2.75) is 13.8 Å². The first-order chi connectivity index (χ1) is 6.63. The summed E-state index contributed by atoms with van der Waals surface area (Å²) in [6.07, 6.45) is 0. The summed E-state index contributed by atoms with van der Waals surface area (Å²) in [5, 5.41) is 5.18. The van der Waals surface area contributed by atoms with Crippen LogP contribution in [-0.4, -0.2) is 12.6 Å². The van der Waals surface area contributed by atoms with Crippen LogP contribution in [0.4, 0.5) is 14.9 Å². The van der Waals surface area contributed by atoms with Crippen LogP contribution in [0.5, 0.6) is 0 Å². The van der Waals surface area contributed by atoms with E-state index in [4.69, 9.17) is 0 Å². The Balaban J connectivity index is 2.68. The summed E-state index contributed by atoms with van der Waals surface area (Å²) in [4.78, 5) is 11.1. The largest absolute Gasteiger partial charge is 0.338 e. The third-order valence-electron chi connectivity index (χ3n) is 1.75. The number of carbonyl (C=O) groups is 1. The Morgan fingerprint density at radius 2 is 2.21 bits per heavy atom. The van der Waals surface area contributed by atoms with Crippen LogP contribution in [0, 0.1) is 12.7 Å². The van der Waals surface area contributed by atoms with Crippen molar-refractivity contribution in [1.82, 2.24) is 5.32 Å². The van der Waals surface area contributed by atoms with Gasteiger partial charge in [-0.3, -0.25) is 0 Å². The molecule has 1 aromatic rings. The van der Waals surface area contributed by atoms with Gasteiger partial charge in [-0.2, -0.15) is 0 Å². The lowest BCUT2D eigenvalue weighted by molar-refractivity contribution is 0.252. The summed E-state index contributed by atoms with van der Waals surface area (Å²) in [5.41, 5.74) is 1.11. The van der Waals surface area contributed by atoms with E-state index in [-0.39, 0.29) is 11.8 Å². The molecule has 2 N–H and O–H groups in total. The molecule has 0 bridgehead atoms. The Morgan fingerprint density at radius 3 is 2.79 bits per heavy atom. The number of benzene rings is 1. The summed E-state index contributed by atoms with van der Waals surface area (Å²) in [7, 11) is 0. The number of halogens is 1. The number of aryl methyl sites for hydroxylation is 1. The van der Waals surface area contributed by atoms with Crippen molar-refractivity contribution in [1.29, 1.82) is 0 Å². The highest BCUT2D eigenvalue weighted by molar-refractivity contribution is 5.89. The topological polar surface area (TPSA) is 41.1 Å². The van der Waals surface area contributed by atoms with Gasteiger partial charge in [0.05, 0.1) is 0 Å². The zero-order valence-electron chi connectivity index (χ0n) is 8.23. The third-order valence-corrected chi connectivity index (χ3v) is 1.75. The monoisotopic (exact) mass is 196 g/mol. The maximum Gasteiger partial charge on any atom is 0.319 e.